The Morgan fingerprint density at radius 3 is 2.59 bits per heavy atom. The second kappa shape index (κ2) is 11.4. The molecule has 1 aliphatic heterocycles. The molecule has 0 saturated carbocycles. The number of aromatic nitrogens is 2. The van der Waals surface area contributed by atoms with E-state index < -0.39 is 0 Å². The minimum Gasteiger partial charge on any atom is -0.361 e. The van der Waals surface area contributed by atoms with Crippen LogP contribution < -0.4 is 15.5 Å². The smallest absolute Gasteiger partial charge is 0.191 e. The molecule has 0 aromatic carbocycles. The van der Waals surface area contributed by atoms with Gasteiger partial charge in [0.25, 0.3) is 0 Å². The van der Waals surface area contributed by atoms with Gasteiger partial charge in [-0.05, 0) is 58.6 Å². The predicted molar refractivity (Wildman–Crippen MR) is 128 cm³/mol. The molecule has 160 valence electrons. The minimum atomic E-state index is 0. The average molecular weight is 512 g/mol. The molecular formula is C21H33IN6O. The van der Waals surface area contributed by atoms with E-state index in [2.05, 4.69) is 51.7 Å². The Bertz CT molecular complexity index is 761. The zero-order valence-electron chi connectivity index (χ0n) is 17.9. The summed E-state index contributed by atoms with van der Waals surface area (Å²) in [7, 11) is 0. The molecule has 1 saturated heterocycles. The molecule has 8 heteroatoms. The van der Waals surface area contributed by atoms with Crippen molar-refractivity contribution < 1.29 is 4.52 Å². The standard InChI is InChI=1S/C21H32N6O.HI/c1-5-22-21(23-11-8-19-16(3)26-28-17(19)4)25-18-9-12-27(13-10-18)20-7-6-15(2)14-24-20;/h6-7,14,18H,5,8-13H2,1-4H3,(H2,22,23,25);1H. The summed E-state index contributed by atoms with van der Waals surface area (Å²) >= 11 is 0. The summed E-state index contributed by atoms with van der Waals surface area (Å²) in [6, 6.07) is 4.67. The van der Waals surface area contributed by atoms with Gasteiger partial charge in [-0.1, -0.05) is 11.2 Å². The van der Waals surface area contributed by atoms with Crippen molar-refractivity contribution in [2.45, 2.75) is 53.0 Å². The van der Waals surface area contributed by atoms with Gasteiger partial charge < -0.3 is 20.1 Å². The lowest BCUT2D eigenvalue weighted by molar-refractivity contribution is 0.392. The molecule has 29 heavy (non-hydrogen) atoms. The highest BCUT2D eigenvalue weighted by molar-refractivity contribution is 14.0. The van der Waals surface area contributed by atoms with Gasteiger partial charge in [0.2, 0.25) is 0 Å². The van der Waals surface area contributed by atoms with Crippen LogP contribution in [0.1, 0.15) is 42.3 Å². The number of nitrogens with zero attached hydrogens (tertiary/aromatic N) is 4. The highest BCUT2D eigenvalue weighted by atomic mass is 127. The minimum absolute atomic E-state index is 0. The molecule has 0 radical (unpaired) electrons. The van der Waals surface area contributed by atoms with Gasteiger partial charge in [-0.2, -0.15) is 0 Å². The van der Waals surface area contributed by atoms with Crippen LogP contribution in [0.3, 0.4) is 0 Å². The van der Waals surface area contributed by atoms with Crippen LogP contribution in [0.2, 0.25) is 0 Å². The molecule has 0 amide bonds. The monoisotopic (exact) mass is 512 g/mol. The quantitative estimate of drug-likeness (QED) is 0.351. The number of rotatable bonds is 6. The zero-order chi connectivity index (χ0) is 19.9. The van der Waals surface area contributed by atoms with Crippen molar-refractivity contribution in [1.82, 2.24) is 20.8 Å². The Morgan fingerprint density at radius 1 is 1.24 bits per heavy atom. The fraction of sp³-hybridized carbons (Fsp3) is 0.571. The van der Waals surface area contributed by atoms with E-state index in [1.165, 1.54) is 11.1 Å². The molecule has 2 N–H and O–H groups in total. The van der Waals surface area contributed by atoms with Crippen LogP contribution in [0.25, 0.3) is 0 Å². The fourth-order valence-electron chi connectivity index (χ4n) is 3.55. The van der Waals surface area contributed by atoms with Crippen LogP contribution in [0.15, 0.2) is 27.8 Å². The van der Waals surface area contributed by atoms with Crippen molar-refractivity contribution in [2.75, 3.05) is 31.1 Å². The molecule has 0 atom stereocenters. The van der Waals surface area contributed by atoms with Gasteiger partial charge in [-0.3, -0.25) is 4.99 Å². The maximum absolute atomic E-state index is 5.24. The van der Waals surface area contributed by atoms with E-state index in [9.17, 15) is 0 Å². The Balaban J connectivity index is 0.00000300. The highest BCUT2D eigenvalue weighted by Gasteiger charge is 2.21. The summed E-state index contributed by atoms with van der Waals surface area (Å²) < 4.78 is 5.24. The SMILES string of the molecule is CCNC(=NCCc1c(C)noc1C)NC1CCN(c2ccc(C)cn2)CC1.I. The fourth-order valence-corrected chi connectivity index (χ4v) is 3.55. The van der Waals surface area contributed by atoms with Crippen LogP contribution in [-0.4, -0.2) is 48.3 Å². The predicted octanol–water partition coefficient (Wildman–Crippen LogP) is 3.38. The van der Waals surface area contributed by atoms with E-state index >= 15 is 0 Å². The molecule has 0 unspecified atom stereocenters. The first-order valence-electron chi connectivity index (χ1n) is 10.2. The van der Waals surface area contributed by atoms with Crippen LogP contribution >= 0.6 is 24.0 Å². The van der Waals surface area contributed by atoms with Gasteiger partial charge in [0.1, 0.15) is 11.6 Å². The Labute approximate surface area is 190 Å². The van der Waals surface area contributed by atoms with E-state index in [1.807, 2.05) is 20.0 Å². The van der Waals surface area contributed by atoms with Gasteiger partial charge >= 0.3 is 0 Å². The first kappa shape index (κ1) is 23.4. The Morgan fingerprint density at radius 2 is 2.00 bits per heavy atom. The molecule has 7 nitrogen and oxygen atoms in total. The maximum atomic E-state index is 5.24. The molecule has 3 rings (SSSR count). The first-order chi connectivity index (χ1) is 13.6. The summed E-state index contributed by atoms with van der Waals surface area (Å²) in [5.74, 6) is 2.85. The van der Waals surface area contributed by atoms with Crippen LogP contribution in [-0.2, 0) is 6.42 Å². The third-order valence-corrected chi connectivity index (χ3v) is 5.21. The zero-order valence-corrected chi connectivity index (χ0v) is 20.2. The Kier molecular flexibility index (Phi) is 9.19. The van der Waals surface area contributed by atoms with E-state index in [1.54, 1.807) is 0 Å². The van der Waals surface area contributed by atoms with Crippen molar-refractivity contribution >= 4 is 35.8 Å². The number of anilines is 1. The number of halogens is 1. The maximum Gasteiger partial charge on any atom is 0.191 e. The molecule has 1 aliphatic rings. The van der Waals surface area contributed by atoms with E-state index in [0.717, 1.165) is 62.1 Å². The number of hydrogen-bond acceptors (Lipinski definition) is 5. The lowest BCUT2D eigenvalue weighted by Crippen LogP contribution is -2.49. The summed E-state index contributed by atoms with van der Waals surface area (Å²) in [6.45, 7) is 11.7. The van der Waals surface area contributed by atoms with Crippen molar-refractivity contribution in [3.05, 3.63) is 40.9 Å². The molecule has 2 aromatic heterocycles. The molecule has 0 spiro atoms. The molecule has 3 heterocycles. The lowest BCUT2D eigenvalue weighted by atomic mass is 10.1. The van der Waals surface area contributed by atoms with Crippen molar-refractivity contribution in [3.8, 4) is 0 Å². The number of piperidine rings is 1. The van der Waals surface area contributed by atoms with Crippen molar-refractivity contribution in [1.29, 1.82) is 0 Å². The average Bonchev–Trinajstić information content (AvgIpc) is 3.01. The number of aliphatic imine (C=N–C) groups is 1. The topological polar surface area (TPSA) is 78.6 Å². The van der Waals surface area contributed by atoms with Crippen LogP contribution in [0.4, 0.5) is 5.82 Å². The van der Waals surface area contributed by atoms with E-state index in [-0.39, 0.29) is 24.0 Å². The summed E-state index contributed by atoms with van der Waals surface area (Å²) in [5.41, 5.74) is 3.32. The van der Waals surface area contributed by atoms with Gasteiger partial charge in [-0.25, -0.2) is 4.98 Å². The van der Waals surface area contributed by atoms with Crippen molar-refractivity contribution in [3.63, 3.8) is 0 Å². The third kappa shape index (κ3) is 6.58. The van der Waals surface area contributed by atoms with E-state index in [4.69, 9.17) is 9.52 Å². The summed E-state index contributed by atoms with van der Waals surface area (Å²) in [5, 5.41) is 11.0. The number of pyridine rings is 1. The first-order valence-corrected chi connectivity index (χ1v) is 10.2. The molecule has 2 aromatic rings. The van der Waals surface area contributed by atoms with Crippen molar-refractivity contribution in [2.24, 2.45) is 4.99 Å². The van der Waals surface area contributed by atoms with Gasteiger partial charge in [-0.15, -0.1) is 24.0 Å². The molecule has 0 bridgehead atoms. The van der Waals surface area contributed by atoms with E-state index in [0.29, 0.717) is 12.6 Å². The largest absolute Gasteiger partial charge is 0.361 e. The summed E-state index contributed by atoms with van der Waals surface area (Å²) in [4.78, 5) is 11.7. The number of hydrogen-bond donors (Lipinski definition) is 2. The lowest BCUT2D eigenvalue weighted by Gasteiger charge is -2.33. The van der Waals surface area contributed by atoms with Gasteiger partial charge in [0.15, 0.2) is 5.96 Å². The molecule has 1 fully saturated rings. The summed E-state index contributed by atoms with van der Waals surface area (Å²) in [6.07, 6.45) is 4.93. The number of aryl methyl sites for hydroxylation is 3. The Hall–Kier alpha value is -1.84. The van der Waals surface area contributed by atoms with Crippen LogP contribution in [0.5, 0.6) is 0 Å². The third-order valence-electron chi connectivity index (χ3n) is 5.21. The molecule has 0 aliphatic carbocycles. The second-order valence-electron chi connectivity index (χ2n) is 7.41. The number of guanidine groups is 1. The molecular weight excluding hydrogens is 479 g/mol. The van der Waals surface area contributed by atoms with Gasteiger partial charge in [0.05, 0.1) is 5.69 Å². The normalized spacial score (nSPS) is 15.2. The highest BCUT2D eigenvalue weighted by Crippen LogP contribution is 2.18. The number of nitrogens with one attached hydrogen (secondary N) is 2. The second-order valence-corrected chi connectivity index (χ2v) is 7.41. The van der Waals surface area contributed by atoms with Gasteiger partial charge in [0, 0.05) is 44.0 Å². The van der Waals surface area contributed by atoms with Crippen LogP contribution in [0, 0.1) is 20.8 Å².